The van der Waals surface area contributed by atoms with Crippen LogP contribution in [-0.2, 0) is 26.5 Å². The van der Waals surface area contributed by atoms with E-state index >= 15 is 0 Å². The second-order valence-corrected chi connectivity index (χ2v) is 4.93. The van der Waals surface area contributed by atoms with Gasteiger partial charge in [0.05, 0.1) is 24.6 Å². The fraction of sp³-hybridized carbons (Fsp3) is 0.312. The van der Waals surface area contributed by atoms with Crippen molar-refractivity contribution >= 4 is 5.97 Å². The molecule has 2 aromatic rings. The summed E-state index contributed by atoms with van der Waals surface area (Å²) in [5.41, 5.74) is 1.80. The van der Waals surface area contributed by atoms with E-state index in [2.05, 4.69) is 0 Å². The molecule has 20 heavy (non-hydrogen) atoms. The second kappa shape index (κ2) is 4.80. The minimum Gasteiger partial charge on any atom is -0.464 e. The zero-order chi connectivity index (χ0) is 14.2. The summed E-state index contributed by atoms with van der Waals surface area (Å²) in [7, 11) is 0. The van der Waals surface area contributed by atoms with Gasteiger partial charge in [-0.25, -0.2) is 4.79 Å². The minimum atomic E-state index is -1.08. The van der Waals surface area contributed by atoms with Crippen LogP contribution in [0.1, 0.15) is 25.1 Å². The van der Waals surface area contributed by atoms with E-state index in [1.165, 1.54) is 0 Å². The molecule has 0 fully saturated rings. The Hall–Kier alpha value is -2.07. The number of fused-ring (bicyclic) bond motifs is 3. The molecular formula is C16H17NO3. The highest BCUT2D eigenvalue weighted by atomic mass is 16.6. The average molecular weight is 271 g/mol. The first kappa shape index (κ1) is 12.9. The van der Waals surface area contributed by atoms with Gasteiger partial charge < -0.3 is 14.0 Å². The molecule has 4 nitrogen and oxygen atoms in total. The number of esters is 1. The lowest BCUT2D eigenvalue weighted by molar-refractivity contribution is -0.173. The van der Waals surface area contributed by atoms with Gasteiger partial charge in [-0.15, -0.1) is 0 Å². The van der Waals surface area contributed by atoms with Gasteiger partial charge in [0.2, 0.25) is 5.60 Å². The topological polar surface area (TPSA) is 40.5 Å². The Kier molecular flexibility index (Phi) is 3.10. The summed E-state index contributed by atoms with van der Waals surface area (Å²) in [5, 5.41) is 0. The quantitative estimate of drug-likeness (QED) is 0.789. The predicted molar refractivity (Wildman–Crippen MR) is 74.5 cm³/mol. The number of rotatable bonds is 2. The van der Waals surface area contributed by atoms with Crippen molar-refractivity contribution in [1.82, 2.24) is 4.57 Å². The molecule has 3 rings (SSSR count). The maximum atomic E-state index is 12.3. The molecule has 1 aliphatic heterocycles. The van der Waals surface area contributed by atoms with Crippen molar-refractivity contribution in [3.8, 4) is 5.69 Å². The number of carbonyl (C=O) groups excluding carboxylic acids is 1. The van der Waals surface area contributed by atoms with Crippen LogP contribution in [0.25, 0.3) is 5.69 Å². The van der Waals surface area contributed by atoms with E-state index in [4.69, 9.17) is 9.47 Å². The minimum absolute atomic E-state index is 0.339. The molecule has 1 aromatic heterocycles. The van der Waals surface area contributed by atoms with Crippen LogP contribution >= 0.6 is 0 Å². The van der Waals surface area contributed by atoms with E-state index < -0.39 is 5.60 Å². The molecule has 0 aliphatic carbocycles. The Labute approximate surface area is 117 Å². The molecule has 104 valence electrons. The Morgan fingerprint density at radius 2 is 2.15 bits per heavy atom. The third kappa shape index (κ3) is 1.84. The molecule has 1 unspecified atom stereocenters. The number of ether oxygens (including phenoxy) is 2. The fourth-order valence-corrected chi connectivity index (χ4v) is 2.58. The summed E-state index contributed by atoms with van der Waals surface area (Å²) in [6, 6.07) is 11.8. The van der Waals surface area contributed by atoms with Crippen molar-refractivity contribution < 1.29 is 14.3 Å². The highest BCUT2D eigenvalue weighted by Gasteiger charge is 2.42. The van der Waals surface area contributed by atoms with Crippen LogP contribution in [0.3, 0.4) is 0 Å². The van der Waals surface area contributed by atoms with Gasteiger partial charge in [0.15, 0.2) is 0 Å². The average Bonchev–Trinajstić information content (AvgIpc) is 2.91. The summed E-state index contributed by atoms with van der Waals surface area (Å²) >= 11 is 0. The van der Waals surface area contributed by atoms with E-state index in [9.17, 15) is 4.79 Å². The highest BCUT2D eigenvalue weighted by molar-refractivity contribution is 5.81. The number of carbonyl (C=O) groups is 1. The largest absolute Gasteiger partial charge is 0.464 e. The van der Waals surface area contributed by atoms with Crippen molar-refractivity contribution in [3.63, 3.8) is 0 Å². The summed E-state index contributed by atoms with van der Waals surface area (Å²) in [6.07, 6.45) is 1.94. The van der Waals surface area contributed by atoms with E-state index in [1.807, 2.05) is 47.2 Å². The summed E-state index contributed by atoms with van der Waals surface area (Å²) in [6.45, 7) is 4.28. The number of hydrogen-bond donors (Lipinski definition) is 0. The van der Waals surface area contributed by atoms with Gasteiger partial charge in [-0.05, 0) is 32.0 Å². The Morgan fingerprint density at radius 3 is 2.95 bits per heavy atom. The smallest absolute Gasteiger partial charge is 0.344 e. The molecule has 0 bridgehead atoms. The van der Waals surface area contributed by atoms with Crippen molar-refractivity contribution in [2.75, 3.05) is 6.61 Å². The predicted octanol–water partition coefficient (Wildman–Crippen LogP) is 2.79. The molecule has 0 saturated heterocycles. The standard InChI is InChI=1S/C16H17NO3/c1-3-19-15(18)16(2)14-9-6-10-17(14)13-8-5-4-7-12(13)11-20-16/h4-10H,3,11H2,1-2H3. The maximum absolute atomic E-state index is 12.3. The number of aromatic nitrogens is 1. The summed E-state index contributed by atoms with van der Waals surface area (Å²) in [4.78, 5) is 12.3. The van der Waals surface area contributed by atoms with Gasteiger partial charge in [0.25, 0.3) is 0 Å². The highest BCUT2D eigenvalue weighted by Crippen LogP contribution is 2.35. The third-order valence-corrected chi connectivity index (χ3v) is 3.67. The van der Waals surface area contributed by atoms with Gasteiger partial charge in [-0.2, -0.15) is 0 Å². The first-order valence-electron chi connectivity index (χ1n) is 6.74. The van der Waals surface area contributed by atoms with Crippen LogP contribution in [0.2, 0.25) is 0 Å². The molecule has 4 heteroatoms. The molecule has 1 aliphatic rings. The van der Waals surface area contributed by atoms with E-state index in [0.29, 0.717) is 13.2 Å². The van der Waals surface area contributed by atoms with Crippen molar-refractivity contribution in [2.24, 2.45) is 0 Å². The Bertz CT molecular complexity index is 647. The lowest BCUT2D eigenvalue weighted by atomic mass is 10.0. The number of hydrogen-bond acceptors (Lipinski definition) is 3. The van der Waals surface area contributed by atoms with Gasteiger partial charge >= 0.3 is 5.97 Å². The van der Waals surface area contributed by atoms with Crippen molar-refractivity contribution in [3.05, 3.63) is 53.9 Å². The van der Waals surface area contributed by atoms with Crippen LogP contribution < -0.4 is 0 Å². The van der Waals surface area contributed by atoms with Crippen molar-refractivity contribution in [1.29, 1.82) is 0 Å². The number of nitrogens with zero attached hydrogens (tertiary/aromatic N) is 1. The number of benzene rings is 1. The van der Waals surface area contributed by atoms with Gasteiger partial charge in [-0.1, -0.05) is 18.2 Å². The number of para-hydroxylation sites is 1. The van der Waals surface area contributed by atoms with E-state index in [-0.39, 0.29) is 5.97 Å². The lowest BCUT2D eigenvalue weighted by Crippen LogP contribution is -2.37. The Balaban J connectivity index is 2.15. The normalized spacial score (nSPS) is 20.7. The monoisotopic (exact) mass is 271 g/mol. The van der Waals surface area contributed by atoms with Crippen LogP contribution in [-0.4, -0.2) is 17.1 Å². The molecule has 0 amide bonds. The zero-order valence-corrected chi connectivity index (χ0v) is 11.6. The molecule has 0 spiro atoms. The van der Waals surface area contributed by atoms with Crippen LogP contribution in [0.4, 0.5) is 0 Å². The molecule has 0 saturated carbocycles. The van der Waals surface area contributed by atoms with E-state index in [1.54, 1.807) is 13.8 Å². The zero-order valence-electron chi connectivity index (χ0n) is 11.6. The third-order valence-electron chi connectivity index (χ3n) is 3.67. The fourth-order valence-electron chi connectivity index (χ4n) is 2.58. The molecular weight excluding hydrogens is 254 g/mol. The molecule has 2 heterocycles. The van der Waals surface area contributed by atoms with E-state index in [0.717, 1.165) is 16.9 Å². The summed E-state index contributed by atoms with van der Waals surface area (Å²) in [5.74, 6) is -0.354. The first-order valence-corrected chi connectivity index (χ1v) is 6.74. The van der Waals surface area contributed by atoms with Crippen LogP contribution in [0.15, 0.2) is 42.6 Å². The second-order valence-electron chi connectivity index (χ2n) is 4.93. The van der Waals surface area contributed by atoms with Crippen LogP contribution in [0, 0.1) is 0 Å². The maximum Gasteiger partial charge on any atom is 0.344 e. The SMILES string of the molecule is CCOC(=O)C1(C)OCc2ccccc2-n2cccc21. The summed E-state index contributed by atoms with van der Waals surface area (Å²) < 4.78 is 13.1. The molecule has 0 radical (unpaired) electrons. The van der Waals surface area contributed by atoms with Crippen LogP contribution in [0.5, 0.6) is 0 Å². The first-order chi connectivity index (χ1) is 9.66. The molecule has 1 atom stereocenters. The Morgan fingerprint density at radius 1 is 1.35 bits per heavy atom. The lowest BCUT2D eigenvalue weighted by Gasteiger charge is -2.26. The molecule has 1 aromatic carbocycles. The van der Waals surface area contributed by atoms with Gasteiger partial charge in [0, 0.05) is 11.8 Å². The van der Waals surface area contributed by atoms with Gasteiger partial charge in [0.1, 0.15) is 0 Å². The molecule has 0 N–H and O–H groups in total. The van der Waals surface area contributed by atoms with Crippen molar-refractivity contribution in [2.45, 2.75) is 26.1 Å². The van der Waals surface area contributed by atoms with Gasteiger partial charge in [-0.3, -0.25) is 0 Å².